The van der Waals surface area contributed by atoms with Crippen molar-refractivity contribution in [1.82, 2.24) is 4.90 Å². The second-order valence-corrected chi connectivity index (χ2v) is 5.97. The maximum Gasteiger partial charge on any atom is 0.303 e. The van der Waals surface area contributed by atoms with Gasteiger partial charge >= 0.3 is 5.97 Å². The minimum atomic E-state index is -0.901. The van der Waals surface area contributed by atoms with Crippen LogP contribution in [0, 0.1) is 5.92 Å². The number of nitrogens with zero attached hydrogens (tertiary/aromatic N) is 1. The van der Waals surface area contributed by atoms with Gasteiger partial charge in [-0.1, -0.05) is 25.4 Å². The SMILES string of the molecule is CC(C)C(=O)Nc1ccc(Cl)c(C(=O)N(C)CCCC(=O)O)c1. The van der Waals surface area contributed by atoms with Crippen LogP contribution in [0.5, 0.6) is 0 Å². The van der Waals surface area contributed by atoms with Crippen LogP contribution >= 0.6 is 11.6 Å². The average molecular weight is 341 g/mol. The van der Waals surface area contributed by atoms with Gasteiger partial charge in [-0.2, -0.15) is 0 Å². The molecule has 0 aliphatic rings. The molecule has 7 heteroatoms. The quantitative estimate of drug-likeness (QED) is 0.799. The highest BCUT2D eigenvalue weighted by molar-refractivity contribution is 6.34. The van der Waals surface area contributed by atoms with Gasteiger partial charge < -0.3 is 15.3 Å². The zero-order valence-corrected chi connectivity index (χ0v) is 14.2. The standard InChI is InChI=1S/C16H21ClN2O4/c1-10(2)15(22)18-11-6-7-13(17)12(9-11)16(23)19(3)8-4-5-14(20)21/h6-7,9-10H,4-5,8H2,1-3H3,(H,18,22)(H,20,21). The van der Waals surface area contributed by atoms with Crippen molar-refractivity contribution in [2.75, 3.05) is 18.9 Å². The van der Waals surface area contributed by atoms with Gasteiger partial charge in [-0.15, -0.1) is 0 Å². The van der Waals surface area contributed by atoms with Crippen molar-refractivity contribution in [3.63, 3.8) is 0 Å². The van der Waals surface area contributed by atoms with Crippen LogP contribution in [-0.2, 0) is 9.59 Å². The van der Waals surface area contributed by atoms with E-state index in [1.807, 2.05) is 0 Å². The number of carboxylic acid groups (broad SMARTS) is 1. The third-order valence-corrected chi connectivity index (χ3v) is 3.55. The number of hydrogen-bond donors (Lipinski definition) is 2. The molecule has 1 rings (SSSR count). The molecule has 1 aromatic rings. The molecule has 1 aromatic carbocycles. The van der Waals surface area contributed by atoms with Crippen LogP contribution in [0.1, 0.15) is 37.0 Å². The molecule has 0 fully saturated rings. The Morgan fingerprint density at radius 2 is 1.96 bits per heavy atom. The van der Waals surface area contributed by atoms with E-state index in [0.29, 0.717) is 18.7 Å². The molecule has 0 saturated carbocycles. The van der Waals surface area contributed by atoms with Crippen LogP contribution in [0.2, 0.25) is 5.02 Å². The lowest BCUT2D eigenvalue weighted by Crippen LogP contribution is -2.28. The lowest BCUT2D eigenvalue weighted by atomic mass is 10.1. The lowest BCUT2D eigenvalue weighted by Gasteiger charge is -2.18. The monoisotopic (exact) mass is 340 g/mol. The molecule has 6 nitrogen and oxygen atoms in total. The summed E-state index contributed by atoms with van der Waals surface area (Å²) in [6, 6.07) is 4.71. The van der Waals surface area contributed by atoms with E-state index < -0.39 is 5.97 Å². The fraction of sp³-hybridized carbons (Fsp3) is 0.438. The van der Waals surface area contributed by atoms with Crippen molar-refractivity contribution in [3.05, 3.63) is 28.8 Å². The van der Waals surface area contributed by atoms with Gasteiger partial charge in [0, 0.05) is 31.6 Å². The number of halogens is 1. The Kier molecular flexibility index (Phi) is 7.03. The Labute approximate surface area is 140 Å². The van der Waals surface area contributed by atoms with Crippen molar-refractivity contribution in [2.45, 2.75) is 26.7 Å². The number of nitrogens with one attached hydrogen (secondary N) is 1. The summed E-state index contributed by atoms with van der Waals surface area (Å²) in [5, 5.41) is 11.6. The van der Waals surface area contributed by atoms with Gasteiger partial charge in [0.2, 0.25) is 5.91 Å². The van der Waals surface area contributed by atoms with Crippen molar-refractivity contribution < 1.29 is 19.5 Å². The van der Waals surface area contributed by atoms with E-state index in [4.69, 9.17) is 16.7 Å². The summed E-state index contributed by atoms with van der Waals surface area (Å²) in [6.07, 6.45) is 0.356. The first-order chi connectivity index (χ1) is 10.7. The van der Waals surface area contributed by atoms with Gasteiger partial charge in [0.1, 0.15) is 0 Å². The number of carbonyl (C=O) groups is 3. The summed E-state index contributed by atoms with van der Waals surface area (Å²) in [6.45, 7) is 3.85. The minimum absolute atomic E-state index is 0.00413. The molecule has 126 valence electrons. The van der Waals surface area contributed by atoms with Gasteiger partial charge in [-0.25, -0.2) is 0 Å². The van der Waals surface area contributed by atoms with Crippen molar-refractivity contribution >= 4 is 35.1 Å². The largest absolute Gasteiger partial charge is 0.481 e. The Morgan fingerprint density at radius 1 is 1.30 bits per heavy atom. The Morgan fingerprint density at radius 3 is 2.52 bits per heavy atom. The molecular formula is C16H21ClN2O4. The highest BCUT2D eigenvalue weighted by Crippen LogP contribution is 2.22. The van der Waals surface area contributed by atoms with Gasteiger partial charge in [-0.3, -0.25) is 14.4 Å². The van der Waals surface area contributed by atoms with Gasteiger partial charge in [-0.05, 0) is 24.6 Å². The second-order valence-electron chi connectivity index (χ2n) is 5.56. The third-order valence-electron chi connectivity index (χ3n) is 3.22. The number of benzene rings is 1. The fourth-order valence-corrected chi connectivity index (χ4v) is 2.03. The van der Waals surface area contributed by atoms with Crippen LogP contribution in [0.25, 0.3) is 0 Å². The van der Waals surface area contributed by atoms with Crippen LogP contribution in [0.15, 0.2) is 18.2 Å². The maximum atomic E-state index is 12.4. The fourth-order valence-electron chi connectivity index (χ4n) is 1.83. The molecule has 0 radical (unpaired) electrons. The Bertz CT molecular complexity index is 602. The molecule has 0 aromatic heterocycles. The minimum Gasteiger partial charge on any atom is -0.481 e. The maximum absolute atomic E-state index is 12.4. The molecule has 0 atom stereocenters. The number of carbonyl (C=O) groups excluding carboxylic acids is 2. The van der Waals surface area contributed by atoms with Crippen molar-refractivity contribution in [3.8, 4) is 0 Å². The van der Waals surface area contributed by atoms with E-state index in [2.05, 4.69) is 5.32 Å². The summed E-state index contributed by atoms with van der Waals surface area (Å²) in [7, 11) is 1.58. The number of rotatable bonds is 7. The van der Waals surface area contributed by atoms with Gasteiger partial charge in [0.05, 0.1) is 10.6 Å². The molecule has 2 N–H and O–H groups in total. The summed E-state index contributed by atoms with van der Waals surface area (Å²) in [5.41, 5.74) is 0.765. The van der Waals surface area contributed by atoms with Gasteiger partial charge in [0.15, 0.2) is 0 Å². The molecule has 0 aliphatic heterocycles. The molecule has 0 heterocycles. The van der Waals surface area contributed by atoms with E-state index >= 15 is 0 Å². The molecule has 0 unspecified atom stereocenters. The molecule has 0 saturated heterocycles. The number of hydrogen-bond acceptors (Lipinski definition) is 3. The normalized spacial score (nSPS) is 10.5. The highest BCUT2D eigenvalue weighted by Gasteiger charge is 2.17. The summed E-state index contributed by atoms with van der Waals surface area (Å²) < 4.78 is 0. The average Bonchev–Trinajstić information content (AvgIpc) is 2.47. The summed E-state index contributed by atoms with van der Waals surface area (Å²) in [5.74, 6) is -1.55. The van der Waals surface area contributed by atoms with E-state index in [0.717, 1.165) is 0 Å². The molecular weight excluding hydrogens is 320 g/mol. The molecule has 2 amide bonds. The van der Waals surface area contributed by atoms with E-state index in [1.54, 1.807) is 33.0 Å². The van der Waals surface area contributed by atoms with E-state index in [-0.39, 0.29) is 34.7 Å². The molecule has 0 bridgehead atoms. The van der Waals surface area contributed by atoms with Crippen molar-refractivity contribution in [1.29, 1.82) is 0 Å². The Hall–Kier alpha value is -2.08. The molecule has 0 aliphatic carbocycles. The van der Waals surface area contributed by atoms with Gasteiger partial charge in [0.25, 0.3) is 5.91 Å². The summed E-state index contributed by atoms with van der Waals surface area (Å²) >= 11 is 6.06. The number of anilines is 1. The van der Waals surface area contributed by atoms with Crippen LogP contribution in [-0.4, -0.2) is 41.4 Å². The Balaban J connectivity index is 2.83. The predicted molar refractivity (Wildman–Crippen MR) is 88.8 cm³/mol. The van der Waals surface area contributed by atoms with Crippen LogP contribution in [0.4, 0.5) is 5.69 Å². The smallest absolute Gasteiger partial charge is 0.303 e. The zero-order valence-electron chi connectivity index (χ0n) is 13.4. The van der Waals surface area contributed by atoms with Crippen LogP contribution < -0.4 is 5.32 Å². The first-order valence-electron chi connectivity index (χ1n) is 7.30. The van der Waals surface area contributed by atoms with E-state index in [9.17, 15) is 14.4 Å². The highest BCUT2D eigenvalue weighted by atomic mass is 35.5. The molecule has 23 heavy (non-hydrogen) atoms. The third kappa shape index (κ3) is 5.90. The topological polar surface area (TPSA) is 86.7 Å². The van der Waals surface area contributed by atoms with Crippen LogP contribution in [0.3, 0.4) is 0 Å². The number of amides is 2. The molecule has 0 spiro atoms. The van der Waals surface area contributed by atoms with E-state index in [1.165, 1.54) is 11.0 Å². The first kappa shape index (κ1) is 19.0. The number of carboxylic acids is 1. The predicted octanol–water partition coefficient (Wildman–Crippen LogP) is 2.87. The van der Waals surface area contributed by atoms with Crippen molar-refractivity contribution in [2.24, 2.45) is 5.92 Å². The second kappa shape index (κ2) is 8.53. The first-order valence-corrected chi connectivity index (χ1v) is 7.67. The zero-order chi connectivity index (χ0) is 17.6. The number of aliphatic carboxylic acids is 1. The lowest BCUT2D eigenvalue weighted by molar-refractivity contribution is -0.137. The summed E-state index contributed by atoms with van der Waals surface area (Å²) in [4.78, 5) is 36.0.